The van der Waals surface area contributed by atoms with Crippen LogP contribution in [0.1, 0.15) is 20.8 Å². The van der Waals surface area contributed by atoms with Gasteiger partial charge in [-0.25, -0.2) is 0 Å². The Balaban J connectivity index is 1.58. The van der Waals surface area contributed by atoms with E-state index < -0.39 is 28.5 Å². The lowest BCUT2D eigenvalue weighted by molar-refractivity contribution is -0.137. The number of aromatic nitrogens is 1. The second-order valence-electron chi connectivity index (χ2n) is 9.26. The van der Waals surface area contributed by atoms with Crippen molar-refractivity contribution in [2.75, 3.05) is 29.6 Å². The summed E-state index contributed by atoms with van der Waals surface area (Å²) < 4.78 is 41.8. The Hall–Kier alpha value is -4.71. The van der Waals surface area contributed by atoms with Gasteiger partial charge in [0.2, 0.25) is 0 Å². The van der Waals surface area contributed by atoms with Crippen LogP contribution < -0.4 is 32.1 Å². The summed E-state index contributed by atoms with van der Waals surface area (Å²) in [5, 5.41) is 8.31. The van der Waals surface area contributed by atoms with E-state index in [2.05, 4.69) is 15.6 Å². The van der Waals surface area contributed by atoms with Crippen LogP contribution in [0.2, 0.25) is 0 Å². The molecule has 0 saturated heterocycles. The van der Waals surface area contributed by atoms with Crippen molar-refractivity contribution in [1.82, 2.24) is 4.98 Å². The average Bonchev–Trinajstić information content (AvgIpc) is 3.35. The first-order chi connectivity index (χ1) is 19.0. The number of benzene rings is 2. The highest BCUT2D eigenvalue weighted by atomic mass is 32.1. The van der Waals surface area contributed by atoms with Crippen LogP contribution in [-0.2, 0) is 12.7 Å². The highest BCUT2D eigenvalue weighted by molar-refractivity contribution is 7.13. The molecule has 0 radical (unpaired) electrons. The Morgan fingerprint density at radius 3 is 2.50 bits per heavy atom. The van der Waals surface area contributed by atoms with Crippen molar-refractivity contribution in [1.29, 1.82) is 0 Å². The van der Waals surface area contributed by atoms with Crippen molar-refractivity contribution in [2.24, 2.45) is 5.73 Å². The molecule has 2 aromatic heterocycles. The van der Waals surface area contributed by atoms with E-state index in [1.807, 2.05) is 30.3 Å². The maximum atomic E-state index is 13.9. The van der Waals surface area contributed by atoms with Gasteiger partial charge in [-0.1, -0.05) is 18.2 Å². The molecule has 0 aliphatic heterocycles. The minimum Gasteiger partial charge on any atom is -0.379 e. The summed E-state index contributed by atoms with van der Waals surface area (Å²) in [6.45, 7) is 0.243. The van der Waals surface area contributed by atoms with E-state index >= 15 is 0 Å². The largest absolute Gasteiger partial charge is 0.416 e. The van der Waals surface area contributed by atoms with Crippen molar-refractivity contribution in [3.63, 3.8) is 0 Å². The predicted molar refractivity (Wildman–Crippen MR) is 151 cm³/mol. The molecule has 0 unspecified atom stereocenters. The van der Waals surface area contributed by atoms with Gasteiger partial charge in [0.05, 0.1) is 16.8 Å². The number of rotatable bonds is 8. The average molecular weight is 566 g/mol. The molecule has 0 bridgehead atoms. The van der Waals surface area contributed by atoms with Crippen molar-refractivity contribution < 1.29 is 18.0 Å². The van der Waals surface area contributed by atoms with E-state index in [0.717, 1.165) is 39.9 Å². The summed E-state index contributed by atoms with van der Waals surface area (Å²) in [7, 11) is 3.11. The van der Waals surface area contributed by atoms with E-state index in [4.69, 9.17) is 5.73 Å². The Morgan fingerprint density at radius 1 is 1.05 bits per heavy atom. The lowest BCUT2D eigenvalue weighted by atomic mass is 10.0. The third-order valence-electron chi connectivity index (χ3n) is 6.38. The normalized spacial score (nSPS) is 11.6. The van der Waals surface area contributed by atoms with Crippen molar-refractivity contribution in [3.05, 3.63) is 96.6 Å². The topological polar surface area (TPSA) is 117 Å². The number of hydrogen-bond donors (Lipinski definition) is 3. The molecule has 8 nitrogen and oxygen atoms in total. The maximum absolute atomic E-state index is 13.9. The molecule has 0 fully saturated rings. The van der Waals surface area contributed by atoms with Crippen LogP contribution in [0.5, 0.6) is 0 Å². The number of primary amides is 1. The third kappa shape index (κ3) is 4.89. The molecule has 5 aromatic rings. The molecule has 12 heteroatoms. The number of fused-ring (bicyclic) bond motifs is 1. The molecule has 40 heavy (non-hydrogen) atoms. The van der Waals surface area contributed by atoms with E-state index in [0.29, 0.717) is 5.56 Å². The fourth-order valence-electron chi connectivity index (χ4n) is 4.51. The molecule has 3 aromatic carbocycles. The lowest BCUT2D eigenvalue weighted by Crippen LogP contribution is -2.39. The minimum atomic E-state index is -4.71. The first-order valence-corrected chi connectivity index (χ1v) is 12.8. The first-order valence-electron chi connectivity index (χ1n) is 11.9. The van der Waals surface area contributed by atoms with E-state index in [1.54, 1.807) is 25.7 Å². The van der Waals surface area contributed by atoms with Crippen LogP contribution in [0.15, 0.2) is 69.7 Å². The predicted octanol–water partition coefficient (Wildman–Crippen LogP) is 5.10. The Kier molecular flexibility index (Phi) is 6.80. The summed E-state index contributed by atoms with van der Waals surface area (Å²) in [5.41, 5.74) is 5.40. The fourth-order valence-corrected chi connectivity index (χ4v) is 5.41. The number of anilines is 4. The maximum Gasteiger partial charge on any atom is 0.416 e. The summed E-state index contributed by atoms with van der Waals surface area (Å²) in [5.74, 6) is -0.733. The Morgan fingerprint density at radius 2 is 1.80 bits per heavy atom. The van der Waals surface area contributed by atoms with Gasteiger partial charge in [0.1, 0.15) is 16.3 Å². The summed E-state index contributed by atoms with van der Waals surface area (Å²) >= 11 is 1.01. The zero-order valence-corrected chi connectivity index (χ0v) is 22.0. The molecule has 4 N–H and O–H groups in total. The highest BCUT2D eigenvalue weighted by Gasteiger charge is 2.32. The molecule has 2 heterocycles. The number of para-hydroxylation sites is 1. The zero-order chi connectivity index (χ0) is 28.8. The lowest BCUT2D eigenvalue weighted by Gasteiger charge is -2.20. The number of nitrogens with one attached hydrogen (secondary N) is 2. The molecular formula is C28H22F3N5O3S. The monoisotopic (exact) mass is 565 g/mol. The molecule has 0 spiro atoms. The number of hydrogen-bond acceptors (Lipinski definition) is 8. The number of alkyl halides is 3. The van der Waals surface area contributed by atoms with E-state index in [-0.39, 0.29) is 39.7 Å². The Bertz CT molecular complexity index is 1830. The van der Waals surface area contributed by atoms with Crippen LogP contribution in [0.25, 0.3) is 22.0 Å². The van der Waals surface area contributed by atoms with Crippen LogP contribution in [0, 0.1) is 0 Å². The van der Waals surface area contributed by atoms with E-state index in [9.17, 15) is 27.6 Å². The number of nitrogens with two attached hydrogens (primary N) is 1. The number of carbonyl (C=O) groups is 1. The van der Waals surface area contributed by atoms with Gasteiger partial charge >= 0.3 is 6.18 Å². The fraction of sp³-hybridized carbons (Fsp3) is 0.143. The van der Waals surface area contributed by atoms with Crippen LogP contribution >= 0.6 is 11.3 Å². The smallest absolute Gasteiger partial charge is 0.379 e. The van der Waals surface area contributed by atoms with Gasteiger partial charge in [-0.15, -0.1) is 11.3 Å². The van der Waals surface area contributed by atoms with Gasteiger partial charge in [-0.3, -0.25) is 19.4 Å². The van der Waals surface area contributed by atoms with Gasteiger partial charge < -0.3 is 21.3 Å². The number of pyridine rings is 1. The van der Waals surface area contributed by atoms with Gasteiger partial charge in [0, 0.05) is 48.9 Å². The highest BCUT2D eigenvalue weighted by Crippen LogP contribution is 2.41. The van der Waals surface area contributed by atoms with E-state index in [1.165, 1.54) is 11.0 Å². The minimum absolute atomic E-state index is 0.0436. The number of nitrogens with zero attached hydrogens (tertiary/aromatic N) is 2. The SMILES string of the molecule is CN(C)c1c(Nc2cc(-c3csc(C(N)=O)c3NCc3ccnc4ccccc34)cc(C(F)(F)F)c2)c(=O)c1=O. The molecule has 0 atom stereocenters. The molecule has 1 amide bonds. The number of thiophene rings is 1. The Labute approximate surface area is 229 Å². The molecule has 0 saturated carbocycles. The zero-order valence-electron chi connectivity index (χ0n) is 21.2. The van der Waals surface area contributed by atoms with Gasteiger partial charge in [0.15, 0.2) is 0 Å². The molecule has 0 aliphatic rings. The summed E-state index contributed by atoms with van der Waals surface area (Å²) in [6.07, 6.45) is -3.06. The molecular weight excluding hydrogens is 543 g/mol. The first kappa shape index (κ1) is 26.9. The molecule has 0 aliphatic carbocycles. The quantitative estimate of drug-likeness (QED) is 0.224. The van der Waals surface area contributed by atoms with Crippen LogP contribution in [0.4, 0.5) is 35.9 Å². The number of carbonyl (C=O) groups excluding carboxylic acids is 1. The van der Waals surface area contributed by atoms with Crippen molar-refractivity contribution in [2.45, 2.75) is 12.7 Å². The second-order valence-corrected chi connectivity index (χ2v) is 10.1. The summed E-state index contributed by atoms with van der Waals surface area (Å²) in [4.78, 5) is 42.3. The van der Waals surface area contributed by atoms with Crippen LogP contribution in [-0.4, -0.2) is 25.0 Å². The second kappa shape index (κ2) is 10.1. The number of halogens is 3. The molecule has 5 rings (SSSR count). The van der Waals surface area contributed by atoms with Gasteiger partial charge in [-0.2, -0.15) is 13.2 Å². The standard InChI is InChI=1S/C28H22F3N5O3S/c1-36(2)23-22(24(37)25(23)38)35-17-10-15(9-16(11-17)28(29,30)31)19-13-40-26(27(32)39)21(19)34-12-14-7-8-33-20-6-4-3-5-18(14)20/h3-11,13,34-35H,12H2,1-2H3,(H2,32,39). The summed E-state index contributed by atoms with van der Waals surface area (Å²) in [6, 6.07) is 12.5. The number of amides is 1. The van der Waals surface area contributed by atoms with Crippen LogP contribution in [0.3, 0.4) is 0 Å². The molecule has 204 valence electrons. The van der Waals surface area contributed by atoms with Gasteiger partial charge in [0.25, 0.3) is 16.8 Å². The van der Waals surface area contributed by atoms with Crippen molar-refractivity contribution >= 4 is 50.9 Å². The van der Waals surface area contributed by atoms with Gasteiger partial charge in [-0.05, 0) is 41.5 Å². The van der Waals surface area contributed by atoms with Crippen molar-refractivity contribution in [3.8, 4) is 11.1 Å². The third-order valence-corrected chi connectivity index (χ3v) is 7.38.